The first-order valence-electron chi connectivity index (χ1n) is 12.4. The molecule has 6 nitrogen and oxygen atoms in total. The van der Waals surface area contributed by atoms with Gasteiger partial charge >= 0.3 is 0 Å². The van der Waals surface area contributed by atoms with Crippen LogP contribution in [0.4, 0.5) is 4.39 Å². The number of hydrogen-bond donors (Lipinski definition) is 0. The summed E-state index contributed by atoms with van der Waals surface area (Å²) < 4.78 is 15.1. The van der Waals surface area contributed by atoms with Crippen molar-refractivity contribution in [1.82, 2.24) is 14.4 Å². The quantitative estimate of drug-likeness (QED) is 0.386. The molecule has 3 atom stereocenters. The van der Waals surface area contributed by atoms with Crippen LogP contribution < -0.4 is 0 Å². The number of Topliss-reactive ketones (excluding diaryl/α,β-unsaturated/α-hetero) is 1. The van der Waals surface area contributed by atoms with Crippen LogP contribution in [0.15, 0.2) is 42.6 Å². The third-order valence-corrected chi connectivity index (χ3v) is 7.55. The lowest BCUT2D eigenvalue weighted by Crippen LogP contribution is -2.48. The smallest absolute Gasteiger partial charge is 0.294 e. The largest absolute Gasteiger partial charge is 0.350 e. The lowest BCUT2D eigenvalue weighted by atomic mass is 9.79. The zero-order valence-electron chi connectivity index (χ0n) is 21.8. The average molecular weight is 492 g/mol. The highest BCUT2D eigenvalue weighted by atomic mass is 19.1. The first-order valence-corrected chi connectivity index (χ1v) is 12.4. The minimum Gasteiger partial charge on any atom is -0.350 e. The van der Waals surface area contributed by atoms with E-state index in [0.717, 1.165) is 29.5 Å². The van der Waals surface area contributed by atoms with E-state index < -0.39 is 11.7 Å². The molecule has 3 aromatic rings. The number of amides is 2. The Bertz CT molecular complexity index is 1330. The standard InChI is InChI=1S/C29H34FN3O3/c1-17-11-26-24(25(16-32(26)6)27(34)29(36)31(4)5)14-23(17)28(35)33-15-18(2)21(12-19(33)3)13-20-7-9-22(30)10-8-20/h7-11,14,16,18-19,21H,12-13,15H2,1-6H3/t18-,19+,21?/m0/s1. The van der Waals surface area contributed by atoms with E-state index in [1.54, 1.807) is 26.4 Å². The molecule has 0 bridgehead atoms. The van der Waals surface area contributed by atoms with Gasteiger partial charge in [0.2, 0.25) is 0 Å². The highest BCUT2D eigenvalue weighted by molar-refractivity contribution is 6.44. The Kier molecular flexibility index (Phi) is 7.03. The van der Waals surface area contributed by atoms with Crippen LogP contribution in [-0.2, 0) is 18.3 Å². The number of hydrogen-bond acceptors (Lipinski definition) is 3. The molecule has 1 fully saturated rings. The molecule has 36 heavy (non-hydrogen) atoms. The van der Waals surface area contributed by atoms with Gasteiger partial charge < -0.3 is 14.4 Å². The summed E-state index contributed by atoms with van der Waals surface area (Å²) in [6.45, 7) is 6.77. The van der Waals surface area contributed by atoms with Gasteiger partial charge in [0.25, 0.3) is 17.6 Å². The number of likely N-dealkylation sites (N-methyl/N-ethyl adjacent to an activating group) is 1. The summed E-state index contributed by atoms with van der Waals surface area (Å²) in [6.07, 6.45) is 3.37. The highest BCUT2D eigenvalue weighted by Crippen LogP contribution is 2.33. The molecule has 0 saturated carbocycles. The van der Waals surface area contributed by atoms with Crippen molar-refractivity contribution in [1.29, 1.82) is 0 Å². The Hall–Kier alpha value is -3.48. The molecule has 1 unspecified atom stereocenters. The summed E-state index contributed by atoms with van der Waals surface area (Å²) in [4.78, 5) is 42.2. The molecule has 2 heterocycles. The van der Waals surface area contributed by atoms with Gasteiger partial charge in [0.1, 0.15) is 5.82 Å². The summed E-state index contributed by atoms with van der Waals surface area (Å²) in [5.41, 5.74) is 3.60. The van der Waals surface area contributed by atoms with Gasteiger partial charge in [-0.05, 0) is 73.9 Å². The van der Waals surface area contributed by atoms with Crippen LogP contribution in [0.3, 0.4) is 0 Å². The van der Waals surface area contributed by atoms with Crippen LogP contribution in [0.2, 0.25) is 0 Å². The Morgan fingerprint density at radius 2 is 1.72 bits per heavy atom. The monoisotopic (exact) mass is 491 g/mol. The predicted octanol–water partition coefficient (Wildman–Crippen LogP) is 4.63. The fourth-order valence-corrected chi connectivity index (χ4v) is 5.35. The van der Waals surface area contributed by atoms with E-state index in [9.17, 15) is 18.8 Å². The number of piperidine rings is 1. The van der Waals surface area contributed by atoms with Gasteiger partial charge in [0.05, 0.1) is 5.56 Å². The molecule has 1 aliphatic rings. The fraction of sp³-hybridized carbons (Fsp3) is 0.414. The number of fused-ring (bicyclic) bond motifs is 1. The molecule has 1 saturated heterocycles. The first-order chi connectivity index (χ1) is 17.0. The molecule has 2 aromatic carbocycles. The maximum absolute atomic E-state index is 13.8. The number of nitrogens with zero attached hydrogens (tertiary/aromatic N) is 3. The van der Waals surface area contributed by atoms with E-state index in [4.69, 9.17) is 0 Å². The number of carbonyl (C=O) groups is 3. The Morgan fingerprint density at radius 3 is 2.36 bits per heavy atom. The lowest BCUT2D eigenvalue weighted by Gasteiger charge is -2.42. The van der Waals surface area contributed by atoms with E-state index >= 15 is 0 Å². The third-order valence-electron chi connectivity index (χ3n) is 7.55. The minimum absolute atomic E-state index is 0.0430. The highest BCUT2D eigenvalue weighted by Gasteiger charge is 2.35. The number of likely N-dealkylation sites (tertiary alicyclic amines) is 1. The van der Waals surface area contributed by atoms with E-state index in [1.807, 2.05) is 41.6 Å². The predicted molar refractivity (Wildman–Crippen MR) is 139 cm³/mol. The number of rotatable bonds is 5. The van der Waals surface area contributed by atoms with E-state index in [1.165, 1.54) is 17.0 Å². The summed E-state index contributed by atoms with van der Waals surface area (Å²) >= 11 is 0. The molecular weight excluding hydrogens is 457 g/mol. The maximum atomic E-state index is 13.8. The molecule has 1 aliphatic heterocycles. The number of halogens is 1. The molecule has 0 aliphatic carbocycles. The summed E-state index contributed by atoms with van der Waals surface area (Å²) in [6, 6.07) is 10.4. The second kappa shape index (κ2) is 9.88. The zero-order chi connectivity index (χ0) is 26.3. The SMILES string of the molecule is Cc1cc2c(cc1C(=O)N1C[C@H](C)C(Cc3ccc(F)cc3)C[C@H]1C)c(C(=O)C(=O)N(C)C)cn2C. The molecule has 0 N–H and O–H groups in total. The molecule has 7 heteroatoms. The summed E-state index contributed by atoms with van der Waals surface area (Å²) in [7, 11) is 4.93. The van der Waals surface area contributed by atoms with Crippen molar-refractivity contribution in [2.45, 2.75) is 39.7 Å². The van der Waals surface area contributed by atoms with Crippen LogP contribution >= 0.6 is 0 Å². The molecular formula is C29H34FN3O3. The van der Waals surface area contributed by atoms with E-state index in [0.29, 0.717) is 29.0 Å². The van der Waals surface area contributed by atoms with Crippen LogP contribution in [0.5, 0.6) is 0 Å². The first kappa shape index (κ1) is 25.6. The Morgan fingerprint density at radius 1 is 1.06 bits per heavy atom. The number of aromatic nitrogens is 1. The number of benzene rings is 2. The fourth-order valence-electron chi connectivity index (χ4n) is 5.35. The molecule has 190 valence electrons. The van der Waals surface area contributed by atoms with Crippen molar-refractivity contribution in [3.8, 4) is 0 Å². The lowest BCUT2D eigenvalue weighted by molar-refractivity contribution is -0.124. The van der Waals surface area contributed by atoms with Crippen molar-refractivity contribution in [3.05, 3.63) is 70.7 Å². The Balaban J connectivity index is 1.60. The molecule has 0 radical (unpaired) electrons. The van der Waals surface area contributed by atoms with Gasteiger partial charge in [-0.2, -0.15) is 0 Å². The zero-order valence-corrected chi connectivity index (χ0v) is 21.8. The average Bonchev–Trinajstić information content (AvgIpc) is 3.15. The van der Waals surface area contributed by atoms with Gasteiger partial charge in [0, 0.05) is 56.4 Å². The van der Waals surface area contributed by atoms with Gasteiger partial charge in [-0.15, -0.1) is 0 Å². The molecule has 1 aromatic heterocycles. The van der Waals surface area contributed by atoms with Crippen LogP contribution in [0.1, 0.15) is 52.1 Å². The topological polar surface area (TPSA) is 62.6 Å². The van der Waals surface area contributed by atoms with Crippen molar-refractivity contribution < 1.29 is 18.8 Å². The maximum Gasteiger partial charge on any atom is 0.294 e. The van der Waals surface area contributed by atoms with Gasteiger partial charge in [-0.3, -0.25) is 14.4 Å². The number of aryl methyl sites for hydroxylation is 2. The second-order valence-electron chi connectivity index (χ2n) is 10.5. The molecule has 4 rings (SSSR count). The normalized spacial score (nSPS) is 20.0. The van der Waals surface area contributed by atoms with Gasteiger partial charge in [-0.1, -0.05) is 19.1 Å². The van der Waals surface area contributed by atoms with Crippen LogP contribution in [0, 0.1) is 24.6 Å². The third kappa shape index (κ3) is 4.79. The second-order valence-corrected chi connectivity index (χ2v) is 10.5. The number of carbonyl (C=O) groups excluding carboxylic acids is 3. The minimum atomic E-state index is -0.596. The Labute approximate surface area is 211 Å². The van der Waals surface area contributed by atoms with E-state index in [-0.39, 0.29) is 23.7 Å². The van der Waals surface area contributed by atoms with E-state index in [2.05, 4.69) is 13.8 Å². The van der Waals surface area contributed by atoms with Crippen molar-refractivity contribution >= 4 is 28.5 Å². The van der Waals surface area contributed by atoms with Crippen LogP contribution in [-0.4, -0.2) is 58.6 Å². The van der Waals surface area contributed by atoms with Crippen molar-refractivity contribution in [2.75, 3.05) is 20.6 Å². The number of ketones is 1. The molecule has 2 amide bonds. The van der Waals surface area contributed by atoms with Crippen molar-refractivity contribution in [2.24, 2.45) is 18.9 Å². The van der Waals surface area contributed by atoms with Gasteiger partial charge in [0.15, 0.2) is 0 Å². The summed E-state index contributed by atoms with van der Waals surface area (Å²) in [5, 5.41) is 0.610. The summed E-state index contributed by atoms with van der Waals surface area (Å²) in [5.74, 6) is -0.796. The van der Waals surface area contributed by atoms with Crippen LogP contribution in [0.25, 0.3) is 10.9 Å². The molecule has 0 spiro atoms. The van der Waals surface area contributed by atoms with Gasteiger partial charge in [-0.25, -0.2) is 4.39 Å². The van der Waals surface area contributed by atoms with Crippen molar-refractivity contribution in [3.63, 3.8) is 0 Å².